The SMILES string of the molecule is CN1CC(CCCO)OCC1=O. The van der Waals surface area contributed by atoms with Crippen LogP contribution in [0.5, 0.6) is 0 Å². The number of morpholine rings is 1. The summed E-state index contributed by atoms with van der Waals surface area (Å²) in [5, 5.41) is 8.58. The zero-order valence-electron chi connectivity index (χ0n) is 7.32. The van der Waals surface area contributed by atoms with E-state index in [9.17, 15) is 4.79 Å². The Kier molecular flexibility index (Phi) is 3.49. The van der Waals surface area contributed by atoms with Crippen molar-refractivity contribution in [1.82, 2.24) is 4.90 Å². The molecule has 4 heteroatoms. The van der Waals surface area contributed by atoms with Crippen molar-refractivity contribution in [2.45, 2.75) is 18.9 Å². The second-order valence-electron chi connectivity index (χ2n) is 3.07. The second-order valence-corrected chi connectivity index (χ2v) is 3.07. The average molecular weight is 173 g/mol. The van der Waals surface area contributed by atoms with E-state index in [-0.39, 0.29) is 25.2 Å². The van der Waals surface area contributed by atoms with Crippen LogP contribution in [0, 0.1) is 0 Å². The maximum absolute atomic E-state index is 11.0. The number of ether oxygens (including phenoxy) is 1. The number of rotatable bonds is 3. The van der Waals surface area contributed by atoms with Crippen molar-refractivity contribution in [2.24, 2.45) is 0 Å². The highest BCUT2D eigenvalue weighted by Crippen LogP contribution is 2.09. The third kappa shape index (κ3) is 2.46. The summed E-state index contributed by atoms with van der Waals surface area (Å²) in [6.07, 6.45) is 1.68. The number of carbonyl (C=O) groups is 1. The molecule has 0 spiro atoms. The molecular weight excluding hydrogens is 158 g/mol. The van der Waals surface area contributed by atoms with Gasteiger partial charge in [0.05, 0.1) is 6.10 Å². The Morgan fingerprint density at radius 3 is 3.08 bits per heavy atom. The highest BCUT2D eigenvalue weighted by atomic mass is 16.5. The van der Waals surface area contributed by atoms with Crippen LogP contribution in [0.15, 0.2) is 0 Å². The van der Waals surface area contributed by atoms with E-state index in [4.69, 9.17) is 9.84 Å². The summed E-state index contributed by atoms with van der Waals surface area (Å²) >= 11 is 0. The molecule has 0 aliphatic carbocycles. The van der Waals surface area contributed by atoms with Gasteiger partial charge in [0.2, 0.25) is 5.91 Å². The summed E-state index contributed by atoms with van der Waals surface area (Å²) in [7, 11) is 1.77. The van der Waals surface area contributed by atoms with Gasteiger partial charge in [0, 0.05) is 20.2 Å². The zero-order chi connectivity index (χ0) is 8.97. The number of aliphatic hydroxyl groups is 1. The summed E-state index contributed by atoms with van der Waals surface area (Å²) in [5.74, 6) is 0.0373. The molecule has 1 unspecified atom stereocenters. The third-order valence-corrected chi connectivity index (χ3v) is 2.03. The largest absolute Gasteiger partial charge is 0.396 e. The van der Waals surface area contributed by atoms with E-state index >= 15 is 0 Å². The van der Waals surface area contributed by atoms with E-state index < -0.39 is 0 Å². The minimum Gasteiger partial charge on any atom is -0.396 e. The first-order chi connectivity index (χ1) is 5.74. The van der Waals surface area contributed by atoms with E-state index in [1.54, 1.807) is 11.9 Å². The van der Waals surface area contributed by atoms with Gasteiger partial charge < -0.3 is 14.7 Å². The lowest BCUT2D eigenvalue weighted by atomic mass is 10.1. The normalized spacial score (nSPS) is 24.7. The second kappa shape index (κ2) is 4.42. The van der Waals surface area contributed by atoms with Crippen molar-refractivity contribution in [3.05, 3.63) is 0 Å². The van der Waals surface area contributed by atoms with E-state index in [0.29, 0.717) is 6.54 Å². The van der Waals surface area contributed by atoms with Gasteiger partial charge in [0.1, 0.15) is 6.61 Å². The quantitative estimate of drug-likeness (QED) is 0.632. The van der Waals surface area contributed by atoms with Gasteiger partial charge in [-0.2, -0.15) is 0 Å². The molecule has 1 amide bonds. The van der Waals surface area contributed by atoms with Crippen LogP contribution in [-0.2, 0) is 9.53 Å². The molecule has 0 aromatic rings. The molecule has 12 heavy (non-hydrogen) atoms. The van der Waals surface area contributed by atoms with Crippen molar-refractivity contribution in [2.75, 3.05) is 26.8 Å². The van der Waals surface area contributed by atoms with Crippen LogP contribution in [0.3, 0.4) is 0 Å². The van der Waals surface area contributed by atoms with Crippen LogP contribution < -0.4 is 0 Å². The minimum atomic E-state index is 0.0373. The van der Waals surface area contributed by atoms with E-state index in [2.05, 4.69) is 0 Å². The number of carbonyl (C=O) groups excluding carboxylic acids is 1. The zero-order valence-corrected chi connectivity index (χ0v) is 7.32. The van der Waals surface area contributed by atoms with Crippen molar-refractivity contribution in [3.8, 4) is 0 Å². The predicted molar refractivity (Wildman–Crippen MR) is 43.7 cm³/mol. The average Bonchev–Trinajstić information content (AvgIpc) is 2.07. The Balaban J connectivity index is 2.25. The number of hydrogen-bond acceptors (Lipinski definition) is 3. The fourth-order valence-corrected chi connectivity index (χ4v) is 1.25. The first-order valence-corrected chi connectivity index (χ1v) is 4.20. The van der Waals surface area contributed by atoms with Crippen molar-refractivity contribution >= 4 is 5.91 Å². The molecule has 70 valence electrons. The molecule has 1 heterocycles. The lowest BCUT2D eigenvalue weighted by Gasteiger charge is -2.29. The number of hydrogen-bond donors (Lipinski definition) is 1. The van der Waals surface area contributed by atoms with Crippen LogP contribution in [0.1, 0.15) is 12.8 Å². The fourth-order valence-electron chi connectivity index (χ4n) is 1.25. The fraction of sp³-hybridized carbons (Fsp3) is 0.875. The van der Waals surface area contributed by atoms with Gasteiger partial charge in [-0.05, 0) is 12.8 Å². The predicted octanol–water partition coefficient (Wildman–Crippen LogP) is -0.384. The number of likely N-dealkylation sites (N-methyl/N-ethyl adjacent to an activating group) is 1. The molecule has 1 saturated heterocycles. The van der Waals surface area contributed by atoms with Crippen LogP contribution >= 0.6 is 0 Å². The summed E-state index contributed by atoms with van der Waals surface area (Å²) in [6, 6.07) is 0. The lowest BCUT2D eigenvalue weighted by molar-refractivity contribution is -0.147. The van der Waals surface area contributed by atoms with Gasteiger partial charge in [-0.3, -0.25) is 4.79 Å². The Hall–Kier alpha value is -0.610. The van der Waals surface area contributed by atoms with Crippen LogP contribution in [0.4, 0.5) is 0 Å². The Bertz CT molecular complexity index is 160. The van der Waals surface area contributed by atoms with Crippen molar-refractivity contribution in [3.63, 3.8) is 0 Å². The van der Waals surface area contributed by atoms with Crippen LogP contribution in [-0.4, -0.2) is 48.8 Å². The van der Waals surface area contributed by atoms with E-state index in [1.807, 2.05) is 0 Å². The molecular formula is C8H15NO3. The Morgan fingerprint density at radius 1 is 1.75 bits per heavy atom. The van der Waals surface area contributed by atoms with Crippen molar-refractivity contribution < 1.29 is 14.6 Å². The van der Waals surface area contributed by atoms with E-state index in [1.165, 1.54) is 0 Å². The molecule has 1 N–H and O–H groups in total. The molecule has 1 aliphatic heterocycles. The molecule has 0 radical (unpaired) electrons. The first-order valence-electron chi connectivity index (χ1n) is 4.20. The Labute approximate surface area is 72.1 Å². The summed E-state index contributed by atoms with van der Waals surface area (Å²) in [6.45, 7) is 1.03. The van der Waals surface area contributed by atoms with Gasteiger partial charge in [-0.1, -0.05) is 0 Å². The highest BCUT2D eigenvalue weighted by molar-refractivity contribution is 5.77. The smallest absolute Gasteiger partial charge is 0.248 e. The highest BCUT2D eigenvalue weighted by Gasteiger charge is 2.22. The topological polar surface area (TPSA) is 49.8 Å². The van der Waals surface area contributed by atoms with Crippen LogP contribution in [0.25, 0.3) is 0 Å². The molecule has 1 atom stereocenters. The molecule has 0 bridgehead atoms. The number of nitrogens with zero attached hydrogens (tertiary/aromatic N) is 1. The minimum absolute atomic E-state index is 0.0373. The number of aliphatic hydroxyl groups excluding tert-OH is 1. The standard InChI is InChI=1S/C8H15NO3/c1-9-5-7(3-2-4-10)12-6-8(9)11/h7,10H,2-6H2,1H3. The van der Waals surface area contributed by atoms with Gasteiger partial charge >= 0.3 is 0 Å². The van der Waals surface area contributed by atoms with Gasteiger partial charge in [-0.25, -0.2) is 0 Å². The van der Waals surface area contributed by atoms with Crippen molar-refractivity contribution in [1.29, 1.82) is 0 Å². The first kappa shape index (κ1) is 9.48. The maximum atomic E-state index is 11.0. The number of amides is 1. The van der Waals surface area contributed by atoms with E-state index in [0.717, 1.165) is 12.8 Å². The van der Waals surface area contributed by atoms with Gasteiger partial charge in [0.25, 0.3) is 0 Å². The monoisotopic (exact) mass is 173 g/mol. The summed E-state index contributed by atoms with van der Waals surface area (Å²) in [4.78, 5) is 12.6. The molecule has 0 aromatic carbocycles. The van der Waals surface area contributed by atoms with Crippen LogP contribution in [0.2, 0.25) is 0 Å². The lowest BCUT2D eigenvalue weighted by Crippen LogP contribution is -2.44. The molecule has 4 nitrogen and oxygen atoms in total. The van der Waals surface area contributed by atoms with Gasteiger partial charge in [-0.15, -0.1) is 0 Å². The Morgan fingerprint density at radius 2 is 2.50 bits per heavy atom. The maximum Gasteiger partial charge on any atom is 0.248 e. The molecule has 0 aromatic heterocycles. The summed E-state index contributed by atoms with van der Waals surface area (Å²) in [5.41, 5.74) is 0. The molecule has 1 aliphatic rings. The molecule has 1 fully saturated rings. The third-order valence-electron chi connectivity index (χ3n) is 2.03. The summed E-state index contributed by atoms with van der Waals surface area (Å²) < 4.78 is 5.26. The molecule has 0 saturated carbocycles. The molecule has 1 rings (SSSR count). The van der Waals surface area contributed by atoms with Gasteiger partial charge in [0.15, 0.2) is 0 Å².